The minimum atomic E-state index is -0.151. The van der Waals surface area contributed by atoms with E-state index >= 15 is 0 Å². The first-order valence-electron chi connectivity index (χ1n) is 5.95. The third-order valence-corrected chi connectivity index (χ3v) is 2.80. The molecule has 5 heteroatoms. The lowest BCUT2D eigenvalue weighted by atomic mass is 10.2. The minimum absolute atomic E-state index is 0. The Balaban J connectivity index is 0.00000200. The number of nitrogens with zero attached hydrogens (tertiary/aromatic N) is 2. The average molecular weight is 288 g/mol. The van der Waals surface area contributed by atoms with E-state index in [1.54, 1.807) is 24.3 Å². The second-order valence-corrected chi connectivity index (χ2v) is 4.18. The van der Waals surface area contributed by atoms with E-state index < -0.39 is 0 Å². The van der Waals surface area contributed by atoms with Crippen LogP contribution in [0.15, 0.2) is 48.7 Å². The molecule has 2 aromatic rings. The summed E-state index contributed by atoms with van der Waals surface area (Å²) in [4.78, 5) is 12.0. The van der Waals surface area contributed by atoms with Gasteiger partial charge in [0.2, 0.25) is 6.54 Å². The van der Waals surface area contributed by atoms with E-state index in [2.05, 4.69) is 11.4 Å². The number of nitriles is 1. The van der Waals surface area contributed by atoms with E-state index in [0.717, 1.165) is 5.69 Å². The summed E-state index contributed by atoms with van der Waals surface area (Å²) in [5.41, 5.74) is 2.01. The summed E-state index contributed by atoms with van der Waals surface area (Å²) in [7, 11) is 0. The standard InChI is InChI=1S/C15H13N3O.ClH/c1-12-6-4-5-9-18(12)11-15(19)17-14-8-3-2-7-13(14)10-16;/h2-9H,11H2,1H3;1H. The van der Waals surface area contributed by atoms with Crippen LogP contribution in [0, 0.1) is 18.3 Å². The molecule has 1 amide bonds. The molecule has 0 radical (unpaired) electrons. The van der Waals surface area contributed by atoms with Crippen LogP contribution < -0.4 is 22.3 Å². The number of benzene rings is 1. The van der Waals surface area contributed by atoms with Crippen molar-refractivity contribution in [2.24, 2.45) is 0 Å². The molecule has 4 nitrogen and oxygen atoms in total. The van der Waals surface area contributed by atoms with Crippen molar-refractivity contribution in [2.75, 3.05) is 5.32 Å². The summed E-state index contributed by atoms with van der Waals surface area (Å²) in [5, 5.41) is 11.7. The number of amides is 1. The number of carbonyl (C=O) groups excluding carboxylic acids is 1. The molecule has 20 heavy (non-hydrogen) atoms. The predicted molar refractivity (Wildman–Crippen MR) is 71.2 cm³/mol. The quantitative estimate of drug-likeness (QED) is 0.721. The molecular weight excluding hydrogens is 274 g/mol. The van der Waals surface area contributed by atoms with Gasteiger partial charge in [0.1, 0.15) is 6.07 Å². The molecule has 0 bridgehead atoms. The molecule has 0 aliphatic rings. The zero-order valence-electron chi connectivity index (χ0n) is 11.0. The molecule has 0 saturated heterocycles. The zero-order chi connectivity index (χ0) is 13.7. The topological polar surface area (TPSA) is 56.8 Å². The Bertz CT molecular complexity index is 650. The monoisotopic (exact) mass is 287 g/mol. The van der Waals surface area contributed by atoms with Crippen LogP contribution in [0.2, 0.25) is 0 Å². The van der Waals surface area contributed by atoms with Gasteiger partial charge in [0.25, 0.3) is 5.91 Å². The second kappa shape index (κ2) is 7.27. The molecule has 0 saturated carbocycles. The summed E-state index contributed by atoms with van der Waals surface area (Å²) in [6.07, 6.45) is 1.85. The van der Waals surface area contributed by atoms with Crippen LogP contribution >= 0.6 is 0 Å². The smallest absolute Gasteiger partial charge is 0.290 e. The van der Waals surface area contributed by atoms with Crippen LogP contribution in [0.3, 0.4) is 0 Å². The van der Waals surface area contributed by atoms with Gasteiger partial charge < -0.3 is 17.7 Å². The fourth-order valence-corrected chi connectivity index (χ4v) is 1.77. The third kappa shape index (κ3) is 3.81. The van der Waals surface area contributed by atoms with E-state index in [0.29, 0.717) is 11.3 Å². The first kappa shape index (κ1) is 15.7. The summed E-state index contributed by atoms with van der Waals surface area (Å²) < 4.78 is 1.85. The van der Waals surface area contributed by atoms with Crippen molar-refractivity contribution >= 4 is 11.6 Å². The second-order valence-electron chi connectivity index (χ2n) is 4.18. The van der Waals surface area contributed by atoms with E-state index in [1.165, 1.54) is 0 Å². The zero-order valence-corrected chi connectivity index (χ0v) is 11.8. The number of carbonyl (C=O) groups is 1. The summed E-state index contributed by atoms with van der Waals surface area (Å²) in [6.45, 7) is 2.17. The number of rotatable bonds is 3. The highest BCUT2D eigenvalue weighted by molar-refractivity contribution is 5.91. The number of nitrogens with one attached hydrogen (secondary N) is 1. The maximum Gasteiger partial charge on any atom is 0.290 e. The lowest BCUT2D eigenvalue weighted by Gasteiger charge is -2.05. The van der Waals surface area contributed by atoms with Crippen molar-refractivity contribution < 1.29 is 21.8 Å². The number of aromatic nitrogens is 1. The van der Waals surface area contributed by atoms with Crippen molar-refractivity contribution in [2.45, 2.75) is 13.5 Å². The van der Waals surface area contributed by atoms with Crippen molar-refractivity contribution in [3.8, 4) is 6.07 Å². The van der Waals surface area contributed by atoms with Gasteiger partial charge in [-0.1, -0.05) is 18.2 Å². The van der Waals surface area contributed by atoms with Gasteiger partial charge >= 0.3 is 0 Å². The molecule has 0 aliphatic carbocycles. The van der Waals surface area contributed by atoms with Crippen LogP contribution in [0.25, 0.3) is 0 Å². The molecule has 1 N–H and O–H groups in total. The number of hydrogen-bond donors (Lipinski definition) is 1. The molecule has 0 spiro atoms. The van der Waals surface area contributed by atoms with Crippen LogP contribution in [-0.4, -0.2) is 5.91 Å². The van der Waals surface area contributed by atoms with Gasteiger partial charge in [-0.2, -0.15) is 9.83 Å². The van der Waals surface area contributed by atoms with Crippen LogP contribution in [0.4, 0.5) is 5.69 Å². The Morgan fingerprint density at radius 1 is 1.25 bits per heavy atom. The van der Waals surface area contributed by atoms with Crippen LogP contribution in [-0.2, 0) is 11.3 Å². The Morgan fingerprint density at radius 3 is 2.65 bits per heavy atom. The van der Waals surface area contributed by atoms with Gasteiger partial charge in [-0.05, 0) is 12.1 Å². The molecule has 2 rings (SSSR count). The first-order valence-corrected chi connectivity index (χ1v) is 5.95. The molecule has 0 aliphatic heterocycles. The van der Waals surface area contributed by atoms with Gasteiger partial charge in [-0.15, -0.1) is 0 Å². The maximum absolute atomic E-state index is 12.0. The Hall–Kier alpha value is -2.38. The molecule has 1 aromatic heterocycles. The largest absolute Gasteiger partial charge is 1.00 e. The molecule has 0 atom stereocenters. The number of pyridine rings is 1. The SMILES string of the molecule is Cc1cccc[n+]1CC(=O)Nc1ccccc1C#N.[Cl-]. The lowest BCUT2D eigenvalue weighted by Crippen LogP contribution is -3.00. The number of halogens is 1. The van der Waals surface area contributed by atoms with Gasteiger partial charge in [0, 0.05) is 19.1 Å². The van der Waals surface area contributed by atoms with E-state index in [4.69, 9.17) is 5.26 Å². The highest BCUT2D eigenvalue weighted by Crippen LogP contribution is 2.13. The molecule has 102 valence electrons. The summed E-state index contributed by atoms with van der Waals surface area (Å²) in [6, 6.07) is 14.8. The lowest BCUT2D eigenvalue weighted by molar-refractivity contribution is -0.690. The van der Waals surface area contributed by atoms with Crippen molar-refractivity contribution in [3.05, 3.63) is 59.9 Å². The van der Waals surface area contributed by atoms with Gasteiger partial charge in [-0.25, -0.2) is 0 Å². The fraction of sp³-hybridized carbons (Fsp3) is 0.133. The maximum atomic E-state index is 12.0. The fourth-order valence-electron chi connectivity index (χ4n) is 1.77. The van der Waals surface area contributed by atoms with Gasteiger partial charge in [0.15, 0.2) is 11.9 Å². The Labute approximate surface area is 124 Å². The van der Waals surface area contributed by atoms with Crippen LogP contribution in [0.5, 0.6) is 0 Å². The van der Waals surface area contributed by atoms with E-state index in [-0.39, 0.29) is 24.9 Å². The van der Waals surface area contributed by atoms with E-state index in [1.807, 2.05) is 35.9 Å². The molecule has 1 aromatic carbocycles. The van der Waals surface area contributed by atoms with Crippen molar-refractivity contribution in [1.82, 2.24) is 0 Å². The van der Waals surface area contributed by atoms with Crippen molar-refractivity contribution in [3.63, 3.8) is 0 Å². The predicted octanol–water partition coefficient (Wildman–Crippen LogP) is -1.20. The third-order valence-electron chi connectivity index (χ3n) is 2.80. The molecule has 0 unspecified atom stereocenters. The van der Waals surface area contributed by atoms with Crippen LogP contribution in [0.1, 0.15) is 11.3 Å². The Morgan fingerprint density at radius 2 is 1.95 bits per heavy atom. The highest BCUT2D eigenvalue weighted by Gasteiger charge is 2.13. The van der Waals surface area contributed by atoms with E-state index in [9.17, 15) is 4.79 Å². The molecular formula is C15H14ClN3O. The van der Waals surface area contributed by atoms with Gasteiger partial charge in [-0.3, -0.25) is 4.79 Å². The minimum Gasteiger partial charge on any atom is -1.00 e. The Kier molecular flexibility index (Phi) is 5.70. The molecule has 1 heterocycles. The number of anilines is 1. The summed E-state index contributed by atoms with van der Waals surface area (Å²) >= 11 is 0. The first-order chi connectivity index (χ1) is 9.20. The normalized spacial score (nSPS) is 9.20. The highest BCUT2D eigenvalue weighted by atomic mass is 35.5. The number of para-hydroxylation sites is 1. The molecule has 0 fully saturated rings. The van der Waals surface area contributed by atoms with Crippen molar-refractivity contribution in [1.29, 1.82) is 5.26 Å². The number of aryl methyl sites for hydroxylation is 1. The number of hydrogen-bond acceptors (Lipinski definition) is 2. The van der Waals surface area contributed by atoms with Gasteiger partial charge in [0.05, 0.1) is 11.3 Å². The summed E-state index contributed by atoms with van der Waals surface area (Å²) in [5.74, 6) is -0.151. The average Bonchev–Trinajstić information content (AvgIpc) is 2.42.